The summed E-state index contributed by atoms with van der Waals surface area (Å²) in [4.78, 5) is 2.42. The second-order valence-corrected chi connectivity index (χ2v) is 4.67. The third kappa shape index (κ3) is 2.19. The molecule has 1 aliphatic rings. The van der Waals surface area contributed by atoms with Gasteiger partial charge in [0.15, 0.2) is 0 Å². The third-order valence-corrected chi connectivity index (χ3v) is 2.19. The highest BCUT2D eigenvalue weighted by molar-refractivity contribution is 7.18. The molecule has 0 aromatic rings. The van der Waals surface area contributed by atoms with Gasteiger partial charge in [0.25, 0.3) is 0 Å². The molecule has 0 N–H and O–H groups in total. The summed E-state index contributed by atoms with van der Waals surface area (Å²) >= 11 is 0. The number of nitrogens with zero attached hydrogens (tertiary/aromatic N) is 1. The molecule has 0 radical (unpaired) electrons. The maximum absolute atomic E-state index is 5.24. The van der Waals surface area contributed by atoms with Crippen molar-refractivity contribution in [3.8, 4) is 0 Å². The van der Waals surface area contributed by atoms with E-state index in [0.717, 1.165) is 26.3 Å². The fraction of sp³-hybridized carbons (Fsp3) is 1.00. The van der Waals surface area contributed by atoms with Crippen molar-refractivity contribution >= 4 is 9.24 Å². The Morgan fingerprint density at radius 1 is 1.30 bits per heavy atom. The highest BCUT2D eigenvalue weighted by Gasteiger charge is 2.22. The Morgan fingerprint density at radius 2 is 1.80 bits per heavy atom. The number of hydrogen-bond acceptors (Lipinski definition) is 2. The number of morpholine rings is 1. The molecule has 60 valence electrons. The van der Waals surface area contributed by atoms with E-state index in [-0.39, 0.29) is 5.28 Å². The molecule has 0 amide bonds. The summed E-state index contributed by atoms with van der Waals surface area (Å²) in [5, 5.41) is 0.240. The minimum atomic E-state index is 0.240. The van der Waals surface area contributed by atoms with E-state index in [1.54, 1.807) is 0 Å². The van der Waals surface area contributed by atoms with Crippen LogP contribution in [0.3, 0.4) is 0 Å². The summed E-state index contributed by atoms with van der Waals surface area (Å²) in [7, 11) is 2.85. The van der Waals surface area contributed by atoms with E-state index < -0.39 is 0 Å². The molecule has 0 bridgehead atoms. The molecule has 1 atom stereocenters. The second kappa shape index (κ2) is 3.17. The lowest BCUT2D eigenvalue weighted by Crippen LogP contribution is -2.46. The number of ether oxygens (including phenoxy) is 1. The van der Waals surface area contributed by atoms with Gasteiger partial charge >= 0.3 is 0 Å². The molecular formula is C7H16NOP. The normalized spacial score (nSPS) is 23.1. The molecule has 1 unspecified atom stereocenters. The van der Waals surface area contributed by atoms with E-state index in [0.29, 0.717) is 0 Å². The Labute approximate surface area is 65.1 Å². The highest BCUT2D eigenvalue weighted by Crippen LogP contribution is 2.22. The lowest BCUT2D eigenvalue weighted by atomic mass is 10.3. The van der Waals surface area contributed by atoms with Gasteiger partial charge in [-0.05, 0) is 13.8 Å². The molecule has 0 aliphatic carbocycles. The molecule has 1 fully saturated rings. The van der Waals surface area contributed by atoms with Gasteiger partial charge in [-0.1, -0.05) is 0 Å². The molecule has 3 heteroatoms. The van der Waals surface area contributed by atoms with Gasteiger partial charge in [-0.3, -0.25) is 4.90 Å². The van der Waals surface area contributed by atoms with Crippen LogP contribution in [0.25, 0.3) is 0 Å². The van der Waals surface area contributed by atoms with Crippen LogP contribution in [0.15, 0.2) is 0 Å². The molecule has 0 aromatic carbocycles. The van der Waals surface area contributed by atoms with Gasteiger partial charge in [-0.25, -0.2) is 0 Å². The molecular weight excluding hydrogens is 145 g/mol. The van der Waals surface area contributed by atoms with Crippen LogP contribution in [0.5, 0.6) is 0 Å². The van der Waals surface area contributed by atoms with Crippen LogP contribution >= 0.6 is 9.24 Å². The van der Waals surface area contributed by atoms with Crippen molar-refractivity contribution in [3.05, 3.63) is 0 Å². The summed E-state index contributed by atoms with van der Waals surface area (Å²) in [5.74, 6) is 0. The van der Waals surface area contributed by atoms with Gasteiger partial charge in [0.2, 0.25) is 0 Å². The zero-order valence-corrected chi connectivity index (χ0v) is 7.92. The van der Waals surface area contributed by atoms with Crippen LogP contribution in [0, 0.1) is 0 Å². The summed E-state index contributed by atoms with van der Waals surface area (Å²) in [5.41, 5.74) is 0. The minimum absolute atomic E-state index is 0.240. The molecule has 0 saturated carbocycles. The summed E-state index contributed by atoms with van der Waals surface area (Å²) in [6.45, 7) is 8.33. The van der Waals surface area contributed by atoms with E-state index >= 15 is 0 Å². The van der Waals surface area contributed by atoms with Crippen molar-refractivity contribution in [2.45, 2.75) is 19.1 Å². The zero-order valence-electron chi connectivity index (χ0n) is 6.76. The Balaban J connectivity index is 2.39. The SMILES string of the molecule is CC(C)(P)N1CCOCC1. The van der Waals surface area contributed by atoms with Crippen molar-refractivity contribution in [1.29, 1.82) is 0 Å². The molecule has 1 saturated heterocycles. The molecule has 1 heterocycles. The van der Waals surface area contributed by atoms with Gasteiger partial charge in [0.05, 0.1) is 13.2 Å². The van der Waals surface area contributed by atoms with Gasteiger partial charge in [-0.15, -0.1) is 9.24 Å². The van der Waals surface area contributed by atoms with Crippen molar-refractivity contribution in [3.63, 3.8) is 0 Å². The van der Waals surface area contributed by atoms with Crippen molar-refractivity contribution in [2.75, 3.05) is 26.3 Å². The van der Waals surface area contributed by atoms with E-state index in [2.05, 4.69) is 28.0 Å². The fourth-order valence-corrected chi connectivity index (χ4v) is 1.40. The van der Waals surface area contributed by atoms with E-state index in [9.17, 15) is 0 Å². The van der Waals surface area contributed by atoms with Crippen molar-refractivity contribution in [2.24, 2.45) is 0 Å². The Kier molecular flexibility index (Phi) is 2.67. The third-order valence-electron chi connectivity index (χ3n) is 1.83. The highest BCUT2D eigenvalue weighted by atomic mass is 31.0. The summed E-state index contributed by atoms with van der Waals surface area (Å²) in [6, 6.07) is 0. The standard InChI is InChI=1S/C7H16NOP/c1-7(2,10)8-3-5-9-6-4-8/h3-6,10H2,1-2H3. The quantitative estimate of drug-likeness (QED) is 0.530. The first-order chi connectivity index (χ1) is 4.61. The lowest BCUT2D eigenvalue weighted by molar-refractivity contribution is 0.0156. The Hall–Kier alpha value is 0.350. The molecule has 2 nitrogen and oxygen atoms in total. The van der Waals surface area contributed by atoms with Crippen molar-refractivity contribution in [1.82, 2.24) is 4.90 Å². The summed E-state index contributed by atoms with van der Waals surface area (Å²) in [6.07, 6.45) is 0. The van der Waals surface area contributed by atoms with E-state index in [1.807, 2.05) is 0 Å². The largest absolute Gasteiger partial charge is 0.379 e. The first-order valence-corrected chi connectivity index (χ1v) is 4.30. The van der Waals surface area contributed by atoms with Crippen LogP contribution in [0.1, 0.15) is 13.8 Å². The maximum Gasteiger partial charge on any atom is 0.0594 e. The van der Waals surface area contributed by atoms with Crippen LogP contribution < -0.4 is 0 Å². The van der Waals surface area contributed by atoms with Crippen LogP contribution in [-0.2, 0) is 4.74 Å². The molecule has 0 aromatic heterocycles. The number of hydrogen-bond donors (Lipinski definition) is 0. The molecule has 10 heavy (non-hydrogen) atoms. The maximum atomic E-state index is 5.24. The van der Waals surface area contributed by atoms with Crippen LogP contribution in [0.2, 0.25) is 0 Å². The molecule has 1 rings (SSSR count). The average molecular weight is 161 g/mol. The van der Waals surface area contributed by atoms with Crippen LogP contribution in [-0.4, -0.2) is 36.5 Å². The monoisotopic (exact) mass is 161 g/mol. The first-order valence-electron chi connectivity index (χ1n) is 3.72. The lowest BCUT2D eigenvalue weighted by Gasteiger charge is -2.37. The Morgan fingerprint density at radius 3 is 2.10 bits per heavy atom. The van der Waals surface area contributed by atoms with Gasteiger partial charge in [0, 0.05) is 18.4 Å². The van der Waals surface area contributed by atoms with E-state index in [4.69, 9.17) is 4.74 Å². The smallest absolute Gasteiger partial charge is 0.0594 e. The second-order valence-electron chi connectivity index (χ2n) is 3.25. The van der Waals surface area contributed by atoms with Gasteiger partial charge in [0.1, 0.15) is 0 Å². The predicted octanol–water partition coefficient (Wildman–Crippen LogP) is 0.930. The summed E-state index contributed by atoms with van der Waals surface area (Å²) < 4.78 is 5.24. The zero-order chi connectivity index (χ0) is 7.61. The minimum Gasteiger partial charge on any atom is -0.379 e. The fourth-order valence-electron chi connectivity index (χ4n) is 1.14. The number of rotatable bonds is 1. The van der Waals surface area contributed by atoms with Crippen molar-refractivity contribution < 1.29 is 4.74 Å². The average Bonchev–Trinajstić information content (AvgIpc) is 1.88. The molecule has 0 spiro atoms. The Bertz CT molecular complexity index is 105. The first kappa shape index (κ1) is 8.45. The van der Waals surface area contributed by atoms with Gasteiger partial charge in [-0.2, -0.15) is 0 Å². The van der Waals surface area contributed by atoms with Gasteiger partial charge < -0.3 is 4.74 Å². The predicted molar refractivity (Wildman–Crippen MR) is 46.2 cm³/mol. The van der Waals surface area contributed by atoms with Crippen LogP contribution in [0.4, 0.5) is 0 Å². The topological polar surface area (TPSA) is 12.5 Å². The van der Waals surface area contributed by atoms with E-state index in [1.165, 1.54) is 0 Å². The molecule has 1 aliphatic heterocycles.